The van der Waals surface area contributed by atoms with Gasteiger partial charge >= 0.3 is 0 Å². The molecule has 0 saturated heterocycles. The van der Waals surface area contributed by atoms with Crippen LogP contribution < -0.4 is 15.2 Å². The second kappa shape index (κ2) is 5.32. The van der Waals surface area contributed by atoms with Crippen molar-refractivity contribution in [1.82, 2.24) is 0 Å². The Bertz CT molecular complexity index is 620. The third-order valence-electron chi connectivity index (χ3n) is 2.40. The average molecular weight is 286 g/mol. The molecule has 100 valence electrons. The number of rotatable bonds is 3. The largest absolute Gasteiger partial charge is 0.494 e. The van der Waals surface area contributed by atoms with E-state index in [1.807, 2.05) is 0 Å². The van der Waals surface area contributed by atoms with Crippen LogP contribution in [0.25, 0.3) is 0 Å². The van der Waals surface area contributed by atoms with Gasteiger partial charge in [-0.1, -0.05) is 11.6 Å². The molecule has 2 aromatic carbocycles. The molecule has 0 fully saturated rings. The molecule has 3 nitrogen and oxygen atoms in total. The van der Waals surface area contributed by atoms with Crippen molar-refractivity contribution < 1.29 is 18.3 Å². The van der Waals surface area contributed by atoms with Gasteiger partial charge in [-0.2, -0.15) is 0 Å². The maximum Gasteiger partial charge on any atom is 0.167 e. The molecular formula is C13H10ClF2NO2. The van der Waals surface area contributed by atoms with Crippen molar-refractivity contribution in [3.63, 3.8) is 0 Å². The molecule has 0 spiro atoms. The minimum absolute atomic E-state index is 0.00240. The minimum Gasteiger partial charge on any atom is -0.494 e. The van der Waals surface area contributed by atoms with Crippen molar-refractivity contribution >= 4 is 17.3 Å². The Balaban J connectivity index is 2.34. The Morgan fingerprint density at radius 3 is 2.42 bits per heavy atom. The van der Waals surface area contributed by atoms with Gasteiger partial charge in [0.05, 0.1) is 17.8 Å². The van der Waals surface area contributed by atoms with E-state index in [0.717, 1.165) is 12.1 Å². The van der Waals surface area contributed by atoms with E-state index >= 15 is 0 Å². The zero-order valence-electron chi connectivity index (χ0n) is 9.91. The molecule has 0 aliphatic rings. The number of hydrogen-bond acceptors (Lipinski definition) is 3. The third-order valence-corrected chi connectivity index (χ3v) is 2.69. The molecule has 2 N–H and O–H groups in total. The zero-order valence-corrected chi connectivity index (χ0v) is 10.7. The van der Waals surface area contributed by atoms with Crippen LogP contribution in [-0.2, 0) is 0 Å². The molecule has 2 aromatic rings. The summed E-state index contributed by atoms with van der Waals surface area (Å²) < 4.78 is 36.6. The summed E-state index contributed by atoms with van der Waals surface area (Å²) in [5, 5.41) is -0.0786. The van der Waals surface area contributed by atoms with Crippen molar-refractivity contribution in [2.45, 2.75) is 0 Å². The van der Waals surface area contributed by atoms with Crippen molar-refractivity contribution in [2.24, 2.45) is 0 Å². The molecule has 6 heteroatoms. The van der Waals surface area contributed by atoms with Gasteiger partial charge in [0.15, 0.2) is 17.3 Å². The fourth-order valence-corrected chi connectivity index (χ4v) is 1.63. The Labute approximate surface area is 113 Å². The van der Waals surface area contributed by atoms with Crippen LogP contribution in [0.15, 0.2) is 30.3 Å². The molecule has 0 aromatic heterocycles. The molecule has 0 bridgehead atoms. The second-order valence-corrected chi connectivity index (χ2v) is 4.11. The summed E-state index contributed by atoms with van der Waals surface area (Å²) in [4.78, 5) is 0. The van der Waals surface area contributed by atoms with E-state index in [1.54, 1.807) is 0 Å². The standard InChI is InChI=1S/C13H10ClF2NO2/c1-18-12-6-13(11(17)5-10(12)16)19-7-2-3-9(15)8(14)4-7/h2-6H,17H2,1H3. The van der Waals surface area contributed by atoms with Crippen molar-refractivity contribution in [2.75, 3.05) is 12.8 Å². The number of nitrogen functional groups attached to an aromatic ring is 1. The van der Waals surface area contributed by atoms with E-state index in [1.165, 1.54) is 25.3 Å². The molecule has 0 saturated carbocycles. The summed E-state index contributed by atoms with van der Waals surface area (Å²) in [6, 6.07) is 6.23. The van der Waals surface area contributed by atoms with Gasteiger partial charge in [0.1, 0.15) is 11.6 Å². The van der Waals surface area contributed by atoms with Crippen LogP contribution in [0.5, 0.6) is 17.2 Å². The molecule has 0 unspecified atom stereocenters. The molecule has 2 rings (SSSR count). The summed E-state index contributed by atoms with van der Waals surface area (Å²) in [7, 11) is 1.33. The molecule has 0 radical (unpaired) electrons. The highest BCUT2D eigenvalue weighted by Crippen LogP contribution is 2.34. The molecule has 0 aliphatic carbocycles. The Morgan fingerprint density at radius 1 is 1.05 bits per heavy atom. The van der Waals surface area contributed by atoms with Crippen LogP contribution in [-0.4, -0.2) is 7.11 Å². The number of nitrogens with two attached hydrogens (primary N) is 1. The maximum atomic E-state index is 13.4. The number of benzene rings is 2. The van der Waals surface area contributed by atoms with E-state index in [0.29, 0.717) is 0 Å². The van der Waals surface area contributed by atoms with Crippen molar-refractivity contribution in [1.29, 1.82) is 0 Å². The monoisotopic (exact) mass is 285 g/mol. The van der Waals surface area contributed by atoms with Gasteiger partial charge < -0.3 is 15.2 Å². The van der Waals surface area contributed by atoms with Crippen LogP contribution >= 0.6 is 11.6 Å². The first-order valence-corrected chi connectivity index (χ1v) is 5.65. The molecule has 19 heavy (non-hydrogen) atoms. The van der Waals surface area contributed by atoms with Crippen LogP contribution in [0.2, 0.25) is 5.02 Å². The smallest absolute Gasteiger partial charge is 0.167 e. The average Bonchev–Trinajstić information content (AvgIpc) is 2.37. The fourth-order valence-electron chi connectivity index (χ4n) is 1.46. The molecule has 0 heterocycles. The Morgan fingerprint density at radius 2 is 1.79 bits per heavy atom. The number of ether oxygens (including phenoxy) is 2. The van der Waals surface area contributed by atoms with Crippen LogP contribution in [0.1, 0.15) is 0 Å². The normalized spacial score (nSPS) is 10.3. The first-order chi connectivity index (χ1) is 9.01. The lowest BCUT2D eigenvalue weighted by Crippen LogP contribution is -1.96. The topological polar surface area (TPSA) is 44.5 Å². The van der Waals surface area contributed by atoms with Crippen molar-refractivity contribution in [3.05, 3.63) is 47.0 Å². The molecular weight excluding hydrogens is 276 g/mol. The summed E-state index contributed by atoms with van der Waals surface area (Å²) in [5.74, 6) is -0.673. The lowest BCUT2D eigenvalue weighted by atomic mass is 10.2. The van der Waals surface area contributed by atoms with E-state index in [-0.39, 0.29) is 28.0 Å². The van der Waals surface area contributed by atoms with Gasteiger partial charge in [0, 0.05) is 18.2 Å². The van der Waals surface area contributed by atoms with E-state index in [9.17, 15) is 8.78 Å². The highest BCUT2D eigenvalue weighted by atomic mass is 35.5. The lowest BCUT2D eigenvalue weighted by Gasteiger charge is -2.11. The molecule has 0 aliphatic heterocycles. The SMILES string of the molecule is COc1cc(Oc2ccc(F)c(Cl)c2)c(N)cc1F. The van der Waals surface area contributed by atoms with Gasteiger partial charge in [0.25, 0.3) is 0 Å². The van der Waals surface area contributed by atoms with Gasteiger partial charge in [-0.3, -0.25) is 0 Å². The first kappa shape index (κ1) is 13.4. The third kappa shape index (κ3) is 2.88. The van der Waals surface area contributed by atoms with E-state index in [2.05, 4.69) is 0 Å². The molecule has 0 amide bonds. The predicted octanol–water partition coefficient (Wildman–Crippen LogP) is 4.00. The van der Waals surface area contributed by atoms with Crippen LogP contribution in [0, 0.1) is 11.6 Å². The first-order valence-electron chi connectivity index (χ1n) is 5.27. The highest BCUT2D eigenvalue weighted by molar-refractivity contribution is 6.30. The number of halogens is 3. The molecule has 0 atom stereocenters. The Hall–Kier alpha value is -2.01. The summed E-state index contributed by atoms with van der Waals surface area (Å²) >= 11 is 5.63. The summed E-state index contributed by atoms with van der Waals surface area (Å²) in [6.07, 6.45) is 0. The maximum absolute atomic E-state index is 13.4. The highest BCUT2D eigenvalue weighted by Gasteiger charge is 2.11. The van der Waals surface area contributed by atoms with Crippen LogP contribution in [0.4, 0.5) is 14.5 Å². The van der Waals surface area contributed by atoms with Gasteiger partial charge in [-0.05, 0) is 12.1 Å². The van der Waals surface area contributed by atoms with Gasteiger partial charge in [-0.15, -0.1) is 0 Å². The number of anilines is 1. The summed E-state index contributed by atoms with van der Waals surface area (Å²) in [5.41, 5.74) is 5.73. The predicted molar refractivity (Wildman–Crippen MR) is 68.8 cm³/mol. The second-order valence-electron chi connectivity index (χ2n) is 3.70. The van der Waals surface area contributed by atoms with Gasteiger partial charge in [0.2, 0.25) is 0 Å². The Kier molecular flexibility index (Phi) is 3.76. The number of methoxy groups -OCH3 is 1. The fraction of sp³-hybridized carbons (Fsp3) is 0.0769. The summed E-state index contributed by atoms with van der Waals surface area (Å²) in [6.45, 7) is 0. The quantitative estimate of drug-likeness (QED) is 0.867. The number of hydrogen-bond donors (Lipinski definition) is 1. The van der Waals surface area contributed by atoms with E-state index in [4.69, 9.17) is 26.8 Å². The van der Waals surface area contributed by atoms with E-state index < -0.39 is 11.6 Å². The minimum atomic E-state index is -0.593. The van der Waals surface area contributed by atoms with Gasteiger partial charge in [-0.25, -0.2) is 8.78 Å². The van der Waals surface area contributed by atoms with Crippen LogP contribution in [0.3, 0.4) is 0 Å². The lowest BCUT2D eigenvalue weighted by molar-refractivity contribution is 0.382. The zero-order chi connectivity index (χ0) is 14.0. The van der Waals surface area contributed by atoms with Crippen molar-refractivity contribution in [3.8, 4) is 17.2 Å².